The zero-order valence-corrected chi connectivity index (χ0v) is 13.6. The number of carbonyl (C=O) groups is 1. The number of hydrogen-bond donors (Lipinski definition) is 1. The molecule has 1 aliphatic rings. The minimum absolute atomic E-state index is 0.131. The lowest BCUT2D eigenvalue weighted by Crippen LogP contribution is -2.48. The number of carbonyl (C=O) groups excluding carboxylic acids is 1. The van der Waals surface area contributed by atoms with Crippen LogP contribution in [0.15, 0.2) is 59.5 Å². The summed E-state index contributed by atoms with van der Waals surface area (Å²) < 4.78 is 1.50. The van der Waals surface area contributed by atoms with Gasteiger partial charge >= 0.3 is 0 Å². The van der Waals surface area contributed by atoms with Crippen molar-refractivity contribution >= 4 is 11.6 Å². The van der Waals surface area contributed by atoms with Gasteiger partial charge in [0.1, 0.15) is 5.65 Å². The van der Waals surface area contributed by atoms with Gasteiger partial charge in [-0.25, -0.2) is 4.98 Å². The molecule has 6 nitrogen and oxygen atoms in total. The Labute approximate surface area is 144 Å². The number of nitrogens with two attached hydrogens (primary N) is 1. The molecule has 3 aromatic rings. The Hall–Kier alpha value is -2.99. The Morgan fingerprint density at radius 3 is 2.72 bits per heavy atom. The average molecular weight is 334 g/mol. The van der Waals surface area contributed by atoms with E-state index >= 15 is 0 Å². The van der Waals surface area contributed by atoms with Crippen LogP contribution in [0.2, 0.25) is 0 Å². The molecule has 3 heterocycles. The smallest absolute Gasteiger partial charge is 0.258 e. The average Bonchev–Trinajstić information content (AvgIpc) is 2.61. The molecule has 1 aliphatic heterocycles. The van der Waals surface area contributed by atoms with Gasteiger partial charge in [0.05, 0.1) is 11.7 Å². The van der Waals surface area contributed by atoms with Crippen molar-refractivity contribution in [2.24, 2.45) is 5.73 Å². The molecule has 126 valence electrons. The third-order valence-electron chi connectivity index (χ3n) is 4.66. The molecule has 0 saturated carbocycles. The number of benzene rings is 1. The first-order valence-corrected chi connectivity index (χ1v) is 8.19. The van der Waals surface area contributed by atoms with Gasteiger partial charge < -0.3 is 5.73 Å². The zero-order valence-electron chi connectivity index (χ0n) is 13.6. The highest BCUT2D eigenvalue weighted by Crippen LogP contribution is 2.24. The first-order valence-electron chi connectivity index (χ1n) is 8.19. The topological polar surface area (TPSA) is 80.7 Å². The van der Waals surface area contributed by atoms with Gasteiger partial charge in [-0.1, -0.05) is 30.3 Å². The van der Waals surface area contributed by atoms with E-state index in [1.807, 2.05) is 29.2 Å². The standard InChI is InChI=1S/C19H18N4O2/c20-19(25)16-9-13-5-1-2-6-14(13)11-22(16)12-15-10-18(24)23-8-4-3-7-17(23)21-15/h1-8,10,16H,9,11-12H2,(H2,20,25)/t16-/m1/s1. The lowest BCUT2D eigenvalue weighted by atomic mass is 9.93. The van der Waals surface area contributed by atoms with Crippen molar-refractivity contribution in [3.63, 3.8) is 0 Å². The Bertz CT molecular complexity index is 1010. The molecule has 0 aliphatic carbocycles. The maximum Gasteiger partial charge on any atom is 0.258 e. The molecule has 2 N–H and O–H groups in total. The molecule has 2 aromatic heterocycles. The summed E-state index contributed by atoms with van der Waals surface area (Å²) in [6.45, 7) is 1.02. The fourth-order valence-corrected chi connectivity index (χ4v) is 3.42. The van der Waals surface area contributed by atoms with Crippen LogP contribution in [-0.4, -0.2) is 26.2 Å². The predicted molar refractivity (Wildman–Crippen MR) is 93.8 cm³/mol. The highest BCUT2D eigenvalue weighted by atomic mass is 16.1. The quantitative estimate of drug-likeness (QED) is 0.778. The van der Waals surface area contributed by atoms with Crippen molar-refractivity contribution < 1.29 is 4.79 Å². The van der Waals surface area contributed by atoms with E-state index in [-0.39, 0.29) is 11.5 Å². The molecular formula is C19H18N4O2. The van der Waals surface area contributed by atoms with Gasteiger partial charge in [0, 0.05) is 25.4 Å². The number of nitrogens with zero attached hydrogens (tertiary/aromatic N) is 3. The highest BCUT2D eigenvalue weighted by molar-refractivity contribution is 5.80. The van der Waals surface area contributed by atoms with Crippen LogP contribution in [0, 0.1) is 0 Å². The maximum absolute atomic E-state index is 12.3. The van der Waals surface area contributed by atoms with E-state index in [0.29, 0.717) is 30.9 Å². The maximum atomic E-state index is 12.3. The van der Waals surface area contributed by atoms with E-state index in [9.17, 15) is 9.59 Å². The second-order valence-corrected chi connectivity index (χ2v) is 6.31. The zero-order chi connectivity index (χ0) is 17.4. The van der Waals surface area contributed by atoms with Gasteiger partial charge in [0.25, 0.3) is 5.56 Å². The van der Waals surface area contributed by atoms with Crippen molar-refractivity contribution in [2.75, 3.05) is 0 Å². The summed E-state index contributed by atoms with van der Waals surface area (Å²) in [5.41, 5.74) is 9.05. The molecule has 0 fully saturated rings. The van der Waals surface area contributed by atoms with Crippen LogP contribution in [0.1, 0.15) is 16.8 Å². The summed E-state index contributed by atoms with van der Waals surface area (Å²) in [5, 5.41) is 0. The first kappa shape index (κ1) is 15.5. The molecule has 1 amide bonds. The number of hydrogen-bond acceptors (Lipinski definition) is 4. The molecule has 0 unspecified atom stereocenters. The minimum atomic E-state index is -0.397. The van der Waals surface area contributed by atoms with E-state index < -0.39 is 6.04 Å². The fourth-order valence-electron chi connectivity index (χ4n) is 3.42. The summed E-state index contributed by atoms with van der Waals surface area (Å²) in [7, 11) is 0. The van der Waals surface area contributed by atoms with Crippen molar-refractivity contribution in [3.8, 4) is 0 Å². The largest absolute Gasteiger partial charge is 0.368 e. The van der Waals surface area contributed by atoms with Crippen molar-refractivity contribution in [1.29, 1.82) is 0 Å². The number of fused-ring (bicyclic) bond motifs is 2. The Morgan fingerprint density at radius 2 is 1.92 bits per heavy atom. The molecule has 0 saturated heterocycles. The van der Waals surface area contributed by atoms with Crippen LogP contribution in [0.25, 0.3) is 5.65 Å². The third-order valence-corrected chi connectivity index (χ3v) is 4.66. The lowest BCUT2D eigenvalue weighted by molar-refractivity contribution is -0.124. The molecule has 25 heavy (non-hydrogen) atoms. The SMILES string of the molecule is NC(=O)[C@H]1Cc2ccccc2CN1Cc1cc(=O)n2ccccc2n1. The molecule has 0 bridgehead atoms. The summed E-state index contributed by atoms with van der Waals surface area (Å²) in [6, 6.07) is 14.6. The normalized spacial score (nSPS) is 17.4. The van der Waals surface area contributed by atoms with Gasteiger partial charge in [-0.2, -0.15) is 0 Å². The molecular weight excluding hydrogens is 316 g/mol. The third kappa shape index (κ3) is 2.92. The second kappa shape index (κ2) is 6.14. The van der Waals surface area contributed by atoms with Gasteiger partial charge in [-0.15, -0.1) is 0 Å². The fraction of sp³-hybridized carbons (Fsp3) is 0.211. The monoisotopic (exact) mass is 334 g/mol. The highest BCUT2D eigenvalue weighted by Gasteiger charge is 2.30. The first-order chi connectivity index (χ1) is 12.1. The van der Waals surface area contributed by atoms with Crippen molar-refractivity contribution in [2.45, 2.75) is 25.6 Å². The van der Waals surface area contributed by atoms with Crippen LogP contribution >= 0.6 is 0 Å². The molecule has 6 heteroatoms. The van der Waals surface area contributed by atoms with Crippen LogP contribution in [0.5, 0.6) is 0 Å². The van der Waals surface area contributed by atoms with Crippen LogP contribution in [0.3, 0.4) is 0 Å². The number of primary amides is 1. The van der Waals surface area contributed by atoms with E-state index in [1.54, 1.807) is 18.3 Å². The van der Waals surface area contributed by atoms with Crippen LogP contribution < -0.4 is 11.3 Å². The lowest BCUT2D eigenvalue weighted by Gasteiger charge is -2.34. The minimum Gasteiger partial charge on any atom is -0.368 e. The Kier molecular flexibility index (Phi) is 3.82. The Morgan fingerprint density at radius 1 is 1.16 bits per heavy atom. The van der Waals surface area contributed by atoms with Gasteiger partial charge in [-0.05, 0) is 29.7 Å². The Balaban J connectivity index is 1.69. The second-order valence-electron chi connectivity index (χ2n) is 6.31. The molecule has 0 spiro atoms. The van der Waals surface area contributed by atoms with E-state index in [1.165, 1.54) is 16.0 Å². The summed E-state index contributed by atoms with van der Waals surface area (Å²) >= 11 is 0. The van der Waals surface area contributed by atoms with Gasteiger partial charge in [0.15, 0.2) is 0 Å². The molecule has 1 aromatic carbocycles. The van der Waals surface area contributed by atoms with E-state index in [2.05, 4.69) is 11.1 Å². The number of rotatable bonds is 3. The number of aromatic nitrogens is 2. The summed E-state index contributed by atoms with van der Waals surface area (Å²) in [5.74, 6) is -0.355. The van der Waals surface area contributed by atoms with Crippen molar-refractivity contribution in [3.05, 3.63) is 81.9 Å². The van der Waals surface area contributed by atoms with E-state index in [4.69, 9.17) is 5.73 Å². The van der Waals surface area contributed by atoms with Gasteiger partial charge in [0.2, 0.25) is 5.91 Å². The number of pyridine rings is 1. The molecule has 0 radical (unpaired) electrons. The number of amides is 1. The van der Waals surface area contributed by atoms with Crippen LogP contribution in [-0.2, 0) is 24.3 Å². The molecule has 1 atom stereocenters. The van der Waals surface area contributed by atoms with E-state index in [0.717, 1.165) is 5.56 Å². The predicted octanol–water partition coefficient (Wildman–Crippen LogP) is 1.11. The summed E-state index contributed by atoms with van der Waals surface area (Å²) in [4.78, 5) is 30.7. The van der Waals surface area contributed by atoms with Crippen LogP contribution in [0.4, 0.5) is 0 Å². The molecule has 4 rings (SSSR count). The van der Waals surface area contributed by atoms with Gasteiger partial charge in [-0.3, -0.25) is 18.9 Å². The summed E-state index contributed by atoms with van der Waals surface area (Å²) in [6.07, 6.45) is 2.27. The van der Waals surface area contributed by atoms with Crippen molar-refractivity contribution in [1.82, 2.24) is 14.3 Å².